The molecular formula is C17H17ClN4O3S. The monoisotopic (exact) mass is 392 g/mol. The van der Waals surface area contributed by atoms with Gasteiger partial charge in [0.05, 0.1) is 23.0 Å². The first-order valence-electron chi connectivity index (χ1n) is 7.66. The highest BCUT2D eigenvalue weighted by molar-refractivity contribution is 7.92. The fraction of sp³-hybridized carbons (Fsp3) is 0.176. The van der Waals surface area contributed by atoms with Gasteiger partial charge in [0.15, 0.2) is 0 Å². The van der Waals surface area contributed by atoms with Crippen LogP contribution in [-0.4, -0.2) is 30.1 Å². The second-order valence-corrected chi connectivity index (χ2v) is 8.17. The fourth-order valence-corrected chi connectivity index (χ4v) is 3.32. The van der Waals surface area contributed by atoms with E-state index in [0.29, 0.717) is 33.3 Å². The Bertz CT molecular complexity index is 1120. The number of fused-ring (bicyclic) bond motifs is 1. The van der Waals surface area contributed by atoms with E-state index in [4.69, 9.17) is 11.6 Å². The molecule has 0 aliphatic carbocycles. The van der Waals surface area contributed by atoms with Crippen LogP contribution in [0.5, 0.6) is 0 Å². The molecule has 1 aromatic heterocycles. The summed E-state index contributed by atoms with van der Waals surface area (Å²) in [4.78, 5) is 16.9. The highest BCUT2D eigenvalue weighted by atomic mass is 35.5. The van der Waals surface area contributed by atoms with Crippen molar-refractivity contribution in [1.29, 1.82) is 0 Å². The van der Waals surface area contributed by atoms with Crippen LogP contribution in [0.25, 0.3) is 11.0 Å². The second-order valence-electron chi connectivity index (χ2n) is 5.99. The van der Waals surface area contributed by atoms with Crippen molar-refractivity contribution in [2.45, 2.75) is 6.92 Å². The van der Waals surface area contributed by atoms with Crippen molar-refractivity contribution in [1.82, 2.24) is 9.55 Å². The zero-order chi connectivity index (χ0) is 19.1. The Labute approximate surface area is 156 Å². The normalized spacial score (nSPS) is 11.5. The second kappa shape index (κ2) is 6.62. The molecule has 3 rings (SSSR count). The minimum atomic E-state index is -3.44. The van der Waals surface area contributed by atoms with Crippen LogP contribution in [0.1, 0.15) is 15.9 Å². The van der Waals surface area contributed by atoms with Gasteiger partial charge in [-0.2, -0.15) is 0 Å². The molecule has 7 nitrogen and oxygen atoms in total. The van der Waals surface area contributed by atoms with Gasteiger partial charge in [0.2, 0.25) is 16.0 Å². The number of sulfonamides is 1. The van der Waals surface area contributed by atoms with Crippen LogP contribution in [0.15, 0.2) is 36.4 Å². The lowest BCUT2D eigenvalue weighted by molar-refractivity contribution is 0.102. The standard InChI is InChI=1S/C17H17ClN4O3S/c1-10-4-5-11(8-13(10)21-26(3,24)25)16(23)20-17-19-14-9-12(18)6-7-15(14)22(17)2/h4-9,21H,1-3H3,(H,19,20,23). The predicted molar refractivity (Wildman–Crippen MR) is 103 cm³/mol. The van der Waals surface area contributed by atoms with Crippen molar-refractivity contribution in [2.24, 2.45) is 7.05 Å². The van der Waals surface area contributed by atoms with Crippen molar-refractivity contribution < 1.29 is 13.2 Å². The van der Waals surface area contributed by atoms with Crippen LogP contribution >= 0.6 is 11.6 Å². The number of carbonyl (C=O) groups is 1. The largest absolute Gasteiger partial charge is 0.313 e. The summed E-state index contributed by atoms with van der Waals surface area (Å²) >= 11 is 5.97. The van der Waals surface area contributed by atoms with E-state index in [0.717, 1.165) is 11.8 Å². The van der Waals surface area contributed by atoms with Gasteiger partial charge in [-0.05, 0) is 42.8 Å². The van der Waals surface area contributed by atoms with Gasteiger partial charge in [-0.3, -0.25) is 14.8 Å². The number of anilines is 2. The minimum absolute atomic E-state index is 0.312. The fourth-order valence-electron chi connectivity index (χ4n) is 2.53. The number of aromatic nitrogens is 2. The average molecular weight is 393 g/mol. The topological polar surface area (TPSA) is 93.1 Å². The SMILES string of the molecule is Cc1ccc(C(=O)Nc2nc3cc(Cl)ccc3n2C)cc1NS(C)(=O)=O. The lowest BCUT2D eigenvalue weighted by Crippen LogP contribution is -2.16. The van der Waals surface area contributed by atoms with Crippen molar-refractivity contribution in [3.63, 3.8) is 0 Å². The van der Waals surface area contributed by atoms with Crippen molar-refractivity contribution in [2.75, 3.05) is 16.3 Å². The van der Waals surface area contributed by atoms with Crippen LogP contribution < -0.4 is 10.0 Å². The Kier molecular flexibility index (Phi) is 4.64. The van der Waals surface area contributed by atoms with Crippen molar-refractivity contribution in [3.05, 3.63) is 52.5 Å². The van der Waals surface area contributed by atoms with E-state index in [1.807, 2.05) is 6.07 Å². The van der Waals surface area contributed by atoms with E-state index < -0.39 is 15.9 Å². The molecule has 0 aliphatic heterocycles. The molecule has 136 valence electrons. The molecule has 0 saturated carbocycles. The quantitative estimate of drug-likeness (QED) is 0.713. The third-order valence-corrected chi connectivity index (χ3v) is 4.69. The van der Waals surface area contributed by atoms with E-state index in [1.165, 1.54) is 6.07 Å². The summed E-state index contributed by atoms with van der Waals surface area (Å²) in [6.07, 6.45) is 1.06. The van der Waals surface area contributed by atoms with Gasteiger partial charge in [0, 0.05) is 17.6 Å². The van der Waals surface area contributed by atoms with Crippen LogP contribution in [0.2, 0.25) is 5.02 Å². The predicted octanol–water partition coefficient (Wildman–Crippen LogP) is 3.16. The highest BCUT2D eigenvalue weighted by Gasteiger charge is 2.14. The first kappa shape index (κ1) is 18.2. The number of rotatable bonds is 4. The summed E-state index contributed by atoms with van der Waals surface area (Å²) in [6, 6.07) is 10.1. The molecule has 1 heterocycles. The molecule has 1 amide bonds. The number of imidazole rings is 1. The summed E-state index contributed by atoms with van der Waals surface area (Å²) in [7, 11) is -1.66. The summed E-state index contributed by atoms with van der Waals surface area (Å²) in [5.41, 5.74) is 2.87. The molecule has 26 heavy (non-hydrogen) atoms. The van der Waals surface area contributed by atoms with Gasteiger partial charge < -0.3 is 4.57 Å². The molecule has 0 spiro atoms. The van der Waals surface area contributed by atoms with E-state index in [9.17, 15) is 13.2 Å². The maximum Gasteiger partial charge on any atom is 0.258 e. The van der Waals surface area contributed by atoms with Gasteiger partial charge >= 0.3 is 0 Å². The van der Waals surface area contributed by atoms with Crippen LogP contribution in [0.3, 0.4) is 0 Å². The highest BCUT2D eigenvalue weighted by Crippen LogP contribution is 2.23. The zero-order valence-corrected chi connectivity index (χ0v) is 15.9. The Morgan fingerprint density at radius 1 is 1.19 bits per heavy atom. The van der Waals surface area contributed by atoms with Crippen LogP contribution in [-0.2, 0) is 17.1 Å². The van der Waals surface area contributed by atoms with Gasteiger partial charge in [0.1, 0.15) is 0 Å². The number of hydrogen-bond acceptors (Lipinski definition) is 4. The Hall–Kier alpha value is -2.58. The first-order chi connectivity index (χ1) is 12.1. The van der Waals surface area contributed by atoms with E-state index in [2.05, 4.69) is 15.0 Å². The minimum Gasteiger partial charge on any atom is -0.313 e. The number of hydrogen-bond donors (Lipinski definition) is 2. The number of carbonyl (C=O) groups excluding carboxylic acids is 1. The van der Waals surface area contributed by atoms with Gasteiger partial charge in [-0.25, -0.2) is 13.4 Å². The number of nitrogens with zero attached hydrogens (tertiary/aromatic N) is 2. The molecule has 2 aromatic carbocycles. The third-order valence-electron chi connectivity index (χ3n) is 3.86. The number of amides is 1. The van der Waals surface area contributed by atoms with E-state index in [1.54, 1.807) is 42.8 Å². The van der Waals surface area contributed by atoms with Gasteiger partial charge in [-0.15, -0.1) is 0 Å². The van der Waals surface area contributed by atoms with Crippen LogP contribution in [0, 0.1) is 6.92 Å². The third kappa shape index (κ3) is 3.81. The summed E-state index contributed by atoms with van der Waals surface area (Å²) in [6.45, 7) is 1.75. The maximum absolute atomic E-state index is 12.6. The number of halogens is 1. The van der Waals surface area contributed by atoms with E-state index >= 15 is 0 Å². The molecule has 3 aromatic rings. The lowest BCUT2D eigenvalue weighted by Gasteiger charge is -2.10. The van der Waals surface area contributed by atoms with Crippen molar-refractivity contribution in [3.8, 4) is 0 Å². The molecule has 9 heteroatoms. The number of nitrogens with one attached hydrogen (secondary N) is 2. The lowest BCUT2D eigenvalue weighted by atomic mass is 10.1. The Balaban J connectivity index is 1.91. The van der Waals surface area contributed by atoms with E-state index in [-0.39, 0.29) is 0 Å². The Morgan fingerprint density at radius 2 is 1.92 bits per heavy atom. The van der Waals surface area contributed by atoms with Crippen LogP contribution in [0.4, 0.5) is 11.6 Å². The molecule has 0 unspecified atom stereocenters. The molecule has 0 radical (unpaired) electrons. The zero-order valence-electron chi connectivity index (χ0n) is 14.4. The molecule has 2 N–H and O–H groups in total. The molecule has 0 bridgehead atoms. The number of benzene rings is 2. The van der Waals surface area contributed by atoms with Gasteiger partial charge in [-0.1, -0.05) is 17.7 Å². The maximum atomic E-state index is 12.6. The first-order valence-corrected chi connectivity index (χ1v) is 9.93. The smallest absolute Gasteiger partial charge is 0.258 e. The summed E-state index contributed by atoms with van der Waals surface area (Å²) < 4.78 is 27.1. The average Bonchev–Trinajstić information content (AvgIpc) is 2.83. The molecule has 0 aliphatic rings. The van der Waals surface area contributed by atoms with Crippen molar-refractivity contribution >= 4 is 50.2 Å². The molecule has 0 atom stereocenters. The molecule has 0 saturated heterocycles. The summed E-state index contributed by atoms with van der Waals surface area (Å²) in [5.74, 6) is -0.0310. The molecule has 0 fully saturated rings. The van der Waals surface area contributed by atoms with Gasteiger partial charge in [0.25, 0.3) is 5.91 Å². The Morgan fingerprint density at radius 3 is 2.62 bits per heavy atom. The summed E-state index contributed by atoms with van der Waals surface area (Å²) in [5, 5.41) is 3.30. The number of aryl methyl sites for hydroxylation is 2. The molecular weight excluding hydrogens is 376 g/mol.